The van der Waals surface area contributed by atoms with Gasteiger partial charge >= 0.3 is 0 Å². The molecule has 0 unspecified atom stereocenters. The summed E-state index contributed by atoms with van der Waals surface area (Å²) in [5.74, 6) is -0.516. The molecule has 0 aromatic heterocycles. The first kappa shape index (κ1) is 17.7. The average Bonchev–Trinajstić information content (AvgIpc) is 2.56. The Hall–Kier alpha value is -2.70. The lowest BCUT2D eigenvalue weighted by atomic mass is 10.2. The lowest BCUT2D eigenvalue weighted by Gasteiger charge is -2.02. The fourth-order valence-electron chi connectivity index (χ4n) is 1.81. The molecule has 0 saturated carbocycles. The Bertz CT molecular complexity index is 835. The molecule has 6 nitrogen and oxygen atoms in total. The Morgan fingerprint density at radius 2 is 1.96 bits per heavy atom. The van der Waals surface area contributed by atoms with Crippen molar-refractivity contribution < 1.29 is 9.72 Å². The maximum Gasteiger partial charge on any atom is 0.276 e. The number of hydrazone groups is 1. The number of carbonyl (C=O) groups excluding carboxylic acids is 1. The zero-order valence-electron chi connectivity index (χ0n) is 12.1. The molecule has 0 atom stereocenters. The second kappa shape index (κ2) is 8.24. The SMILES string of the molecule is O=C(N/N=C\C=C\c1ccccc1[N+](=O)[O-])c1cc(Cl)ccc1Cl. The minimum absolute atomic E-state index is 0.0168. The first-order chi connectivity index (χ1) is 11.5. The van der Waals surface area contributed by atoms with Crippen LogP contribution in [0.1, 0.15) is 15.9 Å². The van der Waals surface area contributed by atoms with Crippen molar-refractivity contribution in [2.75, 3.05) is 0 Å². The number of nitro benzene ring substituents is 1. The number of allylic oxidation sites excluding steroid dienone is 1. The third-order valence-corrected chi connectivity index (χ3v) is 3.47. The zero-order valence-corrected chi connectivity index (χ0v) is 13.7. The molecule has 2 aromatic carbocycles. The number of amides is 1. The Labute approximate surface area is 147 Å². The van der Waals surface area contributed by atoms with Gasteiger partial charge in [0.25, 0.3) is 11.6 Å². The van der Waals surface area contributed by atoms with Crippen LogP contribution in [0.2, 0.25) is 10.0 Å². The molecular weight excluding hydrogens is 353 g/mol. The van der Waals surface area contributed by atoms with Crippen molar-refractivity contribution in [3.8, 4) is 0 Å². The predicted molar refractivity (Wildman–Crippen MR) is 94.6 cm³/mol. The van der Waals surface area contributed by atoms with E-state index in [1.54, 1.807) is 24.3 Å². The van der Waals surface area contributed by atoms with Crippen LogP contribution in [0.25, 0.3) is 6.08 Å². The van der Waals surface area contributed by atoms with Crippen LogP contribution < -0.4 is 5.43 Å². The number of carbonyl (C=O) groups is 1. The van der Waals surface area contributed by atoms with Crippen molar-refractivity contribution in [3.63, 3.8) is 0 Å². The number of nitro groups is 1. The summed E-state index contributed by atoms with van der Waals surface area (Å²) in [5.41, 5.74) is 2.90. The summed E-state index contributed by atoms with van der Waals surface area (Å²) in [4.78, 5) is 22.3. The Morgan fingerprint density at radius 1 is 1.21 bits per heavy atom. The molecule has 0 spiro atoms. The number of halogens is 2. The molecule has 0 heterocycles. The van der Waals surface area contributed by atoms with E-state index < -0.39 is 10.8 Å². The third-order valence-electron chi connectivity index (χ3n) is 2.91. The number of benzene rings is 2. The fraction of sp³-hybridized carbons (Fsp3) is 0. The van der Waals surface area contributed by atoms with Gasteiger partial charge in [-0.15, -0.1) is 0 Å². The van der Waals surface area contributed by atoms with Gasteiger partial charge in [-0.05, 0) is 36.4 Å². The predicted octanol–water partition coefficient (Wildman–Crippen LogP) is 4.33. The number of nitrogens with one attached hydrogen (secondary N) is 1. The van der Waals surface area contributed by atoms with Gasteiger partial charge in [0, 0.05) is 17.3 Å². The lowest BCUT2D eigenvalue weighted by Crippen LogP contribution is -2.17. The molecule has 0 aliphatic carbocycles. The van der Waals surface area contributed by atoms with Crippen molar-refractivity contribution in [1.82, 2.24) is 5.43 Å². The average molecular weight is 364 g/mol. The monoisotopic (exact) mass is 363 g/mol. The van der Waals surface area contributed by atoms with E-state index >= 15 is 0 Å². The molecule has 0 aliphatic heterocycles. The van der Waals surface area contributed by atoms with Gasteiger partial charge in [-0.1, -0.05) is 35.3 Å². The van der Waals surface area contributed by atoms with Crippen LogP contribution in [0.3, 0.4) is 0 Å². The second-order valence-corrected chi connectivity index (χ2v) is 5.36. The van der Waals surface area contributed by atoms with E-state index in [9.17, 15) is 14.9 Å². The van der Waals surface area contributed by atoms with E-state index in [-0.39, 0.29) is 16.3 Å². The van der Waals surface area contributed by atoms with Gasteiger partial charge in [-0.3, -0.25) is 14.9 Å². The maximum atomic E-state index is 11.9. The Morgan fingerprint density at radius 3 is 2.71 bits per heavy atom. The zero-order chi connectivity index (χ0) is 17.5. The molecule has 24 heavy (non-hydrogen) atoms. The summed E-state index contributed by atoms with van der Waals surface area (Å²) < 4.78 is 0. The van der Waals surface area contributed by atoms with Crippen LogP contribution in [0.5, 0.6) is 0 Å². The molecule has 8 heteroatoms. The summed E-state index contributed by atoms with van der Waals surface area (Å²) in [6, 6.07) is 10.8. The van der Waals surface area contributed by atoms with Gasteiger partial charge in [0.05, 0.1) is 21.1 Å². The summed E-state index contributed by atoms with van der Waals surface area (Å²) in [5, 5.41) is 15.2. The van der Waals surface area contributed by atoms with Crippen LogP contribution >= 0.6 is 23.2 Å². The first-order valence-electron chi connectivity index (χ1n) is 6.67. The standard InChI is InChI=1S/C16H11Cl2N3O3/c17-12-7-8-14(18)13(10-12)16(22)20-19-9-3-5-11-4-1-2-6-15(11)21(23)24/h1-10H,(H,20,22)/b5-3+,19-9-. The molecule has 0 bridgehead atoms. The lowest BCUT2D eigenvalue weighted by molar-refractivity contribution is -0.385. The fourth-order valence-corrected chi connectivity index (χ4v) is 2.19. The van der Waals surface area contributed by atoms with Gasteiger partial charge < -0.3 is 0 Å². The Balaban J connectivity index is 2.01. The maximum absolute atomic E-state index is 11.9. The molecule has 0 aliphatic rings. The molecule has 2 rings (SSSR count). The van der Waals surface area contributed by atoms with Gasteiger partial charge in [0.1, 0.15) is 0 Å². The van der Waals surface area contributed by atoms with E-state index in [4.69, 9.17) is 23.2 Å². The molecule has 0 fully saturated rings. The van der Waals surface area contributed by atoms with Crippen LogP contribution in [0, 0.1) is 10.1 Å². The molecule has 2 aromatic rings. The second-order valence-electron chi connectivity index (χ2n) is 4.52. The van der Waals surface area contributed by atoms with Crippen molar-refractivity contribution in [2.24, 2.45) is 5.10 Å². The summed E-state index contributed by atoms with van der Waals surface area (Å²) >= 11 is 11.7. The smallest absolute Gasteiger partial charge is 0.267 e. The highest BCUT2D eigenvalue weighted by Crippen LogP contribution is 2.20. The van der Waals surface area contributed by atoms with Crippen LogP contribution in [-0.2, 0) is 0 Å². The first-order valence-corrected chi connectivity index (χ1v) is 7.43. The number of rotatable bonds is 5. The van der Waals surface area contributed by atoms with Crippen LogP contribution in [0.15, 0.2) is 53.6 Å². The highest BCUT2D eigenvalue weighted by molar-refractivity contribution is 6.35. The molecular formula is C16H11Cl2N3O3. The topological polar surface area (TPSA) is 84.6 Å². The van der Waals surface area contributed by atoms with E-state index in [1.165, 1.54) is 36.6 Å². The number of hydrogen-bond acceptors (Lipinski definition) is 4. The van der Waals surface area contributed by atoms with Gasteiger partial charge in [0.2, 0.25) is 0 Å². The van der Waals surface area contributed by atoms with Crippen molar-refractivity contribution >= 4 is 47.1 Å². The van der Waals surface area contributed by atoms with Gasteiger partial charge in [0.15, 0.2) is 0 Å². The van der Waals surface area contributed by atoms with Crippen molar-refractivity contribution in [1.29, 1.82) is 0 Å². The van der Waals surface area contributed by atoms with E-state index in [0.717, 1.165) is 0 Å². The van der Waals surface area contributed by atoms with E-state index in [1.807, 2.05) is 0 Å². The van der Waals surface area contributed by atoms with Gasteiger partial charge in [-0.25, -0.2) is 5.43 Å². The summed E-state index contributed by atoms with van der Waals surface area (Å²) in [7, 11) is 0. The largest absolute Gasteiger partial charge is 0.276 e. The highest BCUT2D eigenvalue weighted by atomic mass is 35.5. The normalized spacial score (nSPS) is 11.1. The number of para-hydroxylation sites is 1. The van der Waals surface area contributed by atoms with Crippen molar-refractivity contribution in [3.05, 3.63) is 79.8 Å². The summed E-state index contributed by atoms with van der Waals surface area (Å²) in [6.45, 7) is 0. The third kappa shape index (κ3) is 4.65. The van der Waals surface area contributed by atoms with Crippen LogP contribution in [0.4, 0.5) is 5.69 Å². The minimum Gasteiger partial charge on any atom is -0.267 e. The Kier molecular flexibility index (Phi) is 6.06. The quantitative estimate of drug-likeness (QED) is 0.487. The van der Waals surface area contributed by atoms with Crippen LogP contribution in [-0.4, -0.2) is 17.0 Å². The summed E-state index contributed by atoms with van der Waals surface area (Å²) in [6.07, 6.45) is 4.29. The molecule has 1 amide bonds. The molecule has 0 radical (unpaired) electrons. The number of hydrogen-bond donors (Lipinski definition) is 1. The van der Waals surface area contributed by atoms with E-state index in [2.05, 4.69) is 10.5 Å². The van der Waals surface area contributed by atoms with Gasteiger partial charge in [-0.2, -0.15) is 5.10 Å². The minimum atomic E-state index is -0.516. The molecule has 122 valence electrons. The van der Waals surface area contributed by atoms with Crippen molar-refractivity contribution in [2.45, 2.75) is 0 Å². The molecule has 0 saturated heterocycles. The number of nitrogens with zero attached hydrogens (tertiary/aromatic N) is 2. The van der Waals surface area contributed by atoms with E-state index in [0.29, 0.717) is 10.6 Å². The highest BCUT2D eigenvalue weighted by Gasteiger charge is 2.10. The molecule has 1 N–H and O–H groups in total.